The van der Waals surface area contributed by atoms with Crippen LogP contribution in [0, 0.1) is 13.8 Å². The standard InChI is InChI=1S/C26H24ClNO5S/c1-17-4-11-21(12-5-17)34(31,32)28-16-26(25(30)33-3,22-14-18(2)6-13-23(22)28)15-24(29)19-7-9-20(27)10-8-19/h4-14H,15-16H2,1-3H3. The zero-order chi connectivity index (χ0) is 24.7. The van der Waals surface area contributed by atoms with E-state index in [2.05, 4.69) is 0 Å². The van der Waals surface area contributed by atoms with Crippen molar-refractivity contribution < 1.29 is 22.7 Å². The smallest absolute Gasteiger partial charge is 0.318 e. The van der Waals surface area contributed by atoms with Gasteiger partial charge in [0, 0.05) is 17.0 Å². The van der Waals surface area contributed by atoms with Crippen molar-refractivity contribution in [3.63, 3.8) is 0 Å². The first-order valence-electron chi connectivity index (χ1n) is 10.7. The summed E-state index contributed by atoms with van der Waals surface area (Å²) in [4.78, 5) is 26.7. The largest absolute Gasteiger partial charge is 0.468 e. The number of fused-ring (bicyclic) bond motifs is 1. The van der Waals surface area contributed by atoms with Crippen molar-refractivity contribution in [1.82, 2.24) is 0 Å². The average molecular weight is 498 g/mol. The molecule has 1 aliphatic heterocycles. The number of carbonyl (C=O) groups excluding carboxylic acids is 2. The lowest BCUT2D eigenvalue weighted by Crippen LogP contribution is -2.44. The molecular formula is C26H24ClNO5S. The number of carbonyl (C=O) groups is 2. The summed E-state index contributed by atoms with van der Waals surface area (Å²) < 4.78 is 33.7. The fraction of sp³-hybridized carbons (Fsp3) is 0.231. The van der Waals surface area contributed by atoms with E-state index in [9.17, 15) is 18.0 Å². The fourth-order valence-corrected chi connectivity index (χ4v) is 5.99. The van der Waals surface area contributed by atoms with Gasteiger partial charge in [0.1, 0.15) is 5.41 Å². The highest BCUT2D eigenvalue weighted by Crippen LogP contribution is 2.47. The predicted molar refractivity (Wildman–Crippen MR) is 131 cm³/mol. The third-order valence-electron chi connectivity index (χ3n) is 6.16. The summed E-state index contributed by atoms with van der Waals surface area (Å²) in [5.74, 6) is -0.979. The van der Waals surface area contributed by atoms with Gasteiger partial charge in [-0.15, -0.1) is 0 Å². The topological polar surface area (TPSA) is 80.8 Å². The molecule has 1 atom stereocenters. The summed E-state index contributed by atoms with van der Waals surface area (Å²) in [6.07, 6.45) is -0.252. The number of Topliss-reactive ketones (excluding diaryl/α,β-unsaturated/α-hetero) is 1. The van der Waals surface area contributed by atoms with Crippen molar-refractivity contribution in [1.29, 1.82) is 0 Å². The van der Waals surface area contributed by atoms with Gasteiger partial charge in [-0.05, 0) is 61.9 Å². The number of rotatable bonds is 6. The predicted octanol–water partition coefficient (Wildman–Crippen LogP) is 4.85. The normalized spacial score (nSPS) is 17.4. The van der Waals surface area contributed by atoms with Crippen LogP contribution in [0.2, 0.25) is 5.02 Å². The molecule has 176 valence electrons. The first-order valence-corrected chi connectivity index (χ1v) is 12.5. The number of ketones is 1. The Morgan fingerprint density at radius 1 is 0.971 bits per heavy atom. The van der Waals surface area contributed by atoms with Gasteiger partial charge in [-0.3, -0.25) is 13.9 Å². The van der Waals surface area contributed by atoms with E-state index < -0.39 is 21.4 Å². The molecule has 8 heteroatoms. The number of ether oxygens (including phenoxy) is 1. The number of nitrogens with zero attached hydrogens (tertiary/aromatic N) is 1. The molecular weight excluding hydrogens is 474 g/mol. The number of aryl methyl sites for hydroxylation is 2. The van der Waals surface area contributed by atoms with Crippen LogP contribution in [0.3, 0.4) is 0 Å². The minimum absolute atomic E-state index is 0.106. The summed E-state index contributed by atoms with van der Waals surface area (Å²) in [6.45, 7) is 3.48. The molecule has 3 aromatic rings. The van der Waals surface area contributed by atoms with Gasteiger partial charge in [-0.2, -0.15) is 0 Å². The minimum atomic E-state index is -4.00. The summed E-state index contributed by atoms with van der Waals surface area (Å²) in [5.41, 5.74) is 1.46. The second-order valence-electron chi connectivity index (χ2n) is 8.53. The second kappa shape index (κ2) is 8.89. The number of hydrogen-bond acceptors (Lipinski definition) is 5. The number of hydrogen-bond donors (Lipinski definition) is 0. The van der Waals surface area contributed by atoms with Crippen LogP contribution < -0.4 is 4.31 Å². The first-order chi connectivity index (χ1) is 16.1. The Morgan fingerprint density at radius 2 is 1.59 bits per heavy atom. The highest BCUT2D eigenvalue weighted by molar-refractivity contribution is 7.92. The van der Waals surface area contributed by atoms with Crippen LogP contribution in [-0.2, 0) is 25.0 Å². The molecule has 0 aromatic heterocycles. The number of anilines is 1. The van der Waals surface area contributed by atoms with E-state index in [0.29, 0.717) is 21.8 Å². The summed E-state index contributed by atoms with van der Waals surface area (Å²) in [6, 6.07) is 18.1. The number of benzene rings is 3. The lowest BCUT2D eigenvalue weighted by Gasteiger charge is -2.27. The van der Waals surface area contributed by atoms with Crippen LogP contribution in [0.4, 0.5) is 5.69 Å². The van der Waals surface area contributed by atoms with Crippen molar-refractivity contribution in [2.45, 2.75) is 30.6 Å². The molecule has 6 nitrogen and oxygen atoms in total. The van der Waals surface area contributed by atoms with E-state index in [1.54, 1.807) is 54.6 Å². The van der Waals surface area contributed by atoms with E-state index in [4.69, 9.17) is 16.3 Å². The third kappa shape index (κ3) is 4.10. The van der Waals surface area contributed by atoms with E-state index in [0.717, 1.165) is 11.1 Å². The molecule has 1 aliphatic rings. The Balaban J connectivity index is 1.85. The average Bonchev–Trinajstić information content (AvgIpc) is 3.14. The van der Waals surface area contributed by atoms with E-state index in [1.807, 2.05) is 13.8 Å². The molecule has 1 heterocycles. The molecule has 34 heavy (non-hydrogen) atoms. The zero-order valence-corrected chi connectivity index (χ0v) is 20.6. The van der Waals surface area contributed by atoms with E-state index in [-0.39, 0.29) is 23.6 Å². The van der Waals surface area contributed by atoms with Gasteiger partial charge >= 0.3 is 5.97 Å². The van der Waals surface area contributed by atoms with Gasteiger partial charge < -0.3 is 4.74 Å². The van der Waals surface area contributed by atoms with Crippen LogP contribution >= 0.6 is 11.6 Å². The lowest BCUT2D eigenvalue weighted by atomic mass is 9.76. The zero-order valence-electron chi connectivity index (χ0n) is 19.0. The fourth-order valence-electron chi connectivity index (χ4n) is 4.32. The van der Waals surface area contributed by atoms with Crippen LogP contribution in [-0.4, -0.2) is 33.8 Å². The van der Waals surface area contributed by atoms with E-state index >= 15 is 0 Å². The van der Waals surface area contributed by atoms with Crippen molar-refractivity contribution in [3.05, 3.63) is 94.0 Å². The third-order valence-corrected chi connectivity index (χ3v) is 8.19. The van der Waals surface area contributed by atoms with Crippen LogP contribution in [0.1, 0.15) is 33.5 Å². The summed E-state index contributed by atoms with van der Waals surface area (Å²) in [5, 5.41) is 0.483. The van der Waals surface area contributed by atoms with Crippen molar-refractivity contribution in [2.75, 3.05) is 18.0 Å². The molecule has 4 rings (SSSR count). The van der Waals surface area contributed by atoms with Gasteiger partial charge in [0.05, 0.1) is 24.2 Å². The molecule has 0 amide bonds. The maximum atomic E-state index is 13.7. The Hall–Kier alpha value is -3.16. The Kier molecular flexibility index (Phi) is 6.27. The molecule has 0 bridgehead atoms. The molecule has 0 saturated heterocycles. The molecule has 0 radical (unpaired) electrons. The van der Waals surface area contributed by atoms with Crippen molar-refractivity contribution in [2.24, 2.45) is 0 Å². The van der Waals surface area contributed by atoms with Crippen LogP contribution in [0.15, 0.2) is 71.6 Å². The highest BCUT2D eigenvalue weighted by atomic mass is 35.5. The van der Waals surface area contributed by atoms with Gasteiger partial charge in [0.25, 0.3) is 10.0 Å². The monoisotopic (exact) mass is 497 g/mol. The Labute approximate surface area is 204 Å². The maximum absolute atomic E-state index is 13.7. The summed E-state index contributed by atoms with van der Waals surface area (Å²) in [7, 11) is -2.76. The summed E-state index contributed by atoms with van der Waals surface area (Å²) >= 11 is 5.95. The molecule has 0 saturated carbocycles. The number of methoxy groups -OCH3 is 1. The highest BCUT2D eigenvalue weighted by Gasteiger charge is 2.54. The van der Waals surface area contributed by atoms with Gasteiger partial charge in [-0.25, -0.2) is 8.42 Å². The van der Waals surface area contributed by atoms with E-state index in [1.165, 1.54) is 23.5 Å². The lowest BCUT2D eigenvalue weighted by molar-refractivity contribution is -0.146. The molecule has 0 fully saturated rings. The molecule has 3 aromatic carbocycles. The van der Waals surface area contributed by atoms with Crippen molar-refractivity contribution in [3.8, 4) is 0 Å². The van der Waals surface area contributed by atoms with Gasteiger partial charge in [0.2, 0.25) is 0 Å². The second-order valence-corrected chi connectivity index (χ2v) is 10.8. The first kappa shape index (κ1) is 24.0. The Bertz CT molecular complexity index is 1370. The molecule has 0 spiro atoms. The molecule has 0 N–H and O–H groups in total. The van der Waals surface area contributed by atoms with Crippen molar-refractivity contribution >= 4 is 39.1 Å². The number of esters is 1. The SMILES string of the molecule is COC(=O)C1(CC(=O)c2ccc(Cl)cc2)CN(S(=O)(=O)c2ccc(C)cc2)c2ccc(C)cc21. The number of sulfonamides is 1. The minimum Gasteiger partial charge on any atom is -0.468 e. The quantitative estimate of drug-likeness (QED) is 0.359. The van der Waals surface area contributed by atoms with Crippen LogP contribution in [0.25, 0.3) is 0 Å². The molecule has 0 aliphatic carbocycles. The maximum Gasteiger partial charge on any atom is 0.318 e. The molecule has 1 unspecified atom stereocenters. The van der Waals surface area contributed by atoms with Gasteiger partial charge in [0.15, 0.2) is 5.78 Å². The van der Waals surface area contributed by atoms with Gasteiger partial charge in [-0.1, -0.05) is 47.0 Å². The Morgan fingerprint density at radius 3 is 2.21 bits per heavy atom. The van der Waals surface area contributed by atoms with Crippen LogP contribution in [0.5, 0.6) is 0 Å². The number of halogens is 1.